The van der Waals surface area contributed by atoms with Gasteiger partial charge in [0.1, 0.15) is 30.3 Å². The first-order valence-electron chi connectivity index (χ1n) is 15.0. The number of nitrogens with zero attached hydrogens (tertiary/aromatic N) is 2. The van der Waals surface area contributed by atoms with Gasteiger partial charge in [-0.25, -0.2) is 14.6 Å². The zero-order chi connectivity index (χ0) is 32.7. The molecule has 0 unspecified atom stereocenters. The van der Waals surface area contributed by atoms with Crippen LogP contribution in [0.3, 0.4) is 0 Å². The predicted octanol–water partition coefficient (Wildman–Crippen LogP) is 3.80. The Hall–Kier alpha value is -4.34. The zero-order valence-electron chi connectivity index (χ0n) is 26.5. The second-order valence-corrected chi connectivity index (χ2v) is 11.7. The van der Waals surface area contributed by atoms with Crippen LogP contribution in [0.1, 0.15) is 50.4 Å². The Kier molecular flexibility index (Phi) is 13.9. The lowest BCUT2D eigenvalue weighted by molar-refractivity contribution is -0.143. The molecule has 1 fully saturated rings. The third-order valence-electron chi connectivity index (χ3n) is 6.74. The number of benzene rings is 1. The summed E-state index contributed by atoms with van der Waals surface area (Å²) >= 11 is 0. The van der Waals surface area contributed by atoms with Gasteiger partial charge in [-0.2, -0.15) is 0 Å². The smallest absolute Gasteiger partial charge is 0.328 e. The van der Waals surface area contributed by atoms with Crippen molar-refractivity contribution in [3.05, 3.63) is 48.2 Å². The molecule has 0 bridgehead atoms. The predicted molar refractivity (Wildman–Crippen MR) is 167 cm³/mol. The van der Waals surface area contributed by atoms with E-state index in [-0.39, 0.29) is 35.6 Å². The van der Waals surface area contributed by atoms with Crippen molar-refractivity contribution in [3.8, 4) is 29.7 Å². The van der Waals surface area contributed by atoms with E-state index >= 15 is 0 Å². The van der Waals surface area contributed by atoms with Gasteiger partial charge in [0.25, 0.3) is 5.91 Å². The van der Waals surface area contributed by atoms with E-state index in [0.29, 0.717) is 63.8 Å². The van der Waals surface area contributed by atoms with Crippen LogP contribution in [0, 0.1) is 17.8 Å². The highest BCUT2D eigenvalue weighted by atomic mass is 16.5. The number of aromatic nitrogens is 1. The van der Waals surface area contributed by atoms with Gasteiger partial charge in [0.15, 0.2) is 0 Å². The average Bonchev–Trinajstić information content (AvgIpc) is 2.99. The van der Waals surface area contributed by atoms with Crippen LogP contribution < -0.4 is 20.1 Å². The van der Waals surface area contributed by atoms with Crippen LogP contribution in [-0.2, 0) is 19.0 Å². The molecule has 1 aliphatic rings. The number of urea groups is 1. The monoisotopic (exact) mass is 624 g/mol. The Morgan fingerprint density at radius 1 is 1.09 bits per heavy atom. The van der Waals surface area contributed by atoms with Gasteiger partial charge in [-0.3, -0.25) is 4.79 Å². The highest BCUT2D eigenvalue weighted by Crippen LogP contribution is 2.26. The number of carbonyl (C=O) groups is 3. The van der Waals surface area contributed by atoms with Gasteiger partial charge in [0, 0.05) is 31.5 Å². The van der Waals surface area contributed by atoms with Crippen LogP contribution in [0.5, 0.6) is 17.4 Å². The van der Waals surface area contributed by atoms with Crippen molar-refractivity contribution >= 4 is 17.9 Å². The molecule has 0 spiro atoms. The minimum Gasteiger partial charge on any atom is -0.487 e. The number of methoxy groups -OCH3 is 1. The zero-order valence-corrected chi connectivity index (χ0v) is 26.5. The molecule has 0 radical (unpaired) electrons. The molecule has 12 nitrogen and oxygen atoms in total. The van der Waals surface area contributed by atoms with Crippen LogP contribution in [0.4, 0.5) is 4.79 Å². The third kappa shape index (κ3) is 12.7. The van der Waals surface area contributed by atoms with Crippen molar-refractivity contribution in [3.63, 3.8) is 0 Å². The quantitative estimate of drug-likeness (QED) is 0.153. The molecule has 1 aliphatic heterocycles. The Morgan fingerprint density at radius 3 is 2.53 bits per heavy atom. The fourth-order valence-electron chi connectivity index (χ4n) is 4.22. The molecule has 2 aromatic rings. The van der Waals surface area contributed by atoms with E-state index in [1.54, 1.807) is 35.2 Å². The van der Waals surface area contributed by atoms with Crippen LogP contribution in [0.25, 0.3) is 0 Å². The third-order valence-corrected chi connectivity index (χ3v) is 6.74. The largest absolute Gasteiger partial charge is 0.487 e. The molecule has 0 aliphatic carbocycles. The normalized spacial score (nSPS) is 13.6. The van der Waals surface area contributed by atoms with Gasteiger partial charge < -0.3 is 39.2 Å². The molecule has 2 heterocycles. The van der Waals surface area contributed by atoms with Crippen molar-refractivity contribution in [2.75, 3.05) is 53.2 Å². The average molecular weight is 625 g/mol. The summed E-state index contributed by atoms with van der Waals surface area (Å²) in [5, 5.41) is 5.62. The lowest BCUT2D eigenvalue weighted by Gasteiger charge is -2.38. The Bertz CT molecular complexity index is 1280. The molecular formula is C33H44N4O8. The van der Waals surface area contributed by atoms with E-state index in [1.807, 2.05) is 6.07 Å². The maximum Gasteiger partial charge on any atom is 0.328 e. The summed E-state index contributed by atoms with van der Waals surface area (Å²) in [6, 6.07) is 9.37. The molecule has 244 valence electrons. The topological polar surface area (TPSA) is 138 Å². The molecule has 1 aromatic carbocycles. The minimum atomic E-state index is -0.751. The van der Waals surface area contributed by atoms with Gasteiger partial charge in [-0.1, -0.05) is 32.8 Å². The van der Waals surface area contributed by atoms with Crippen molar-refractivity contribution in [1.82, 2.24) is 20.5 Å². The summed E-state index contributed by atoms with van der Waals surface area (Å²) in [6.07, 6.45) is 8.25. The molecule has 12 heteroatoms. The van der Waals surface area contributed by atoms with E-state index in [9.17, 15) is 14.4 Å². The number of pyridine rings is 1. The van der Waals surface area contributed by atoms with Crippen LogP contribution in [-0.4, -0.2) is 93.1 Å². The standard InChI is InChI=1S/C33H44N4O8/c1-6-16-42-18-19-43-17-8-15-34-32(40)37-22-27(23-37)44-25-9-7-10-26(20-25)45-29-12-11-24(21-35-29)30(38)36-28(31(39)41-5)13-14-33(2,3)4/h1,7,9-12,20-21,27-28H,8,13-19,22-23H2,2-5H3,(H,34,40)(H,36,38)/t28-/m0/s1. The van der Waals surface area contributed by atoms with Gasteiger partial charge >= 0.3 is 12.0 Å². The molecular weight excluding hydrogens is 580 g/mol. The number of esters is 1. The summed E-state index contributed by atoms with van der Waals surface area (Å²) in [7, 11) is 1.30. The van der Waals surface area contributed by atoms with E-state index < -0.39 is 17.9 Å². The summed E-state index contributed by atoms with van der Waals surface area (Å²) in [5.74, 6) is 2.86. The van der Waals surface area contributed by atoms with Crippen LogP contribution in [0.2, 0.25) is 0 Å². The molecule has 3 amide bonds. The summed E-state index contributed by atoms with van der Waals surface area (Å²) < 4.78 is 27.3. The second kappa shape index (κ2) is 17.8. The lowest BCUT2D eigenvalue weighted by atomic mass is 9.88. The summed E-state index contributed by atoms with van der Waals surface area (Å²) in [4.78, 5) is 43.2. The highest BCUT2D eigenvalue weighted by molar-refractivity contribution is 5.96. The van der Waals surface area contributed by atoms with Crippen molar-refractivity contribution in [2.45, 2.75) is 52.2 Å². The Balaban J connectivity index is 1.39. The number of nitrogens with one attached hydrogen (secondary N) is 2. The molecule has 0 saturated carbocycles. The van der Waals surface area contributed by atoms with Crippen molar-refractivity contribution in [1.29, 1.82) is 0 Å². The maximum absolute atomic E-state index is 12.8. The Labute approximate surface area is 265 Å². The van der Waals surface area contributed by atoms with Crippen molar-refractivity contribution in [2.24, 2.45) is 5.41 Å². The van der Waals surface area contributed by atoms with Crippen LogP contribution in [0.15, 0.2) is 42.6 Å². The van der Waals surface area contributed by atoms with Gasteiger partial charge in [-0.05, 0) is 42.9 Å². The molecule has 1 aromatic heterocycles. The first-order valence-corrected chi connectivity index (χ1v) is 15.0. The molecule has 2 N–H and O–H groups in total. The number of rotatable bonds is 17. The number of carbonyl (C=O) groups excluding carboxylic acids is 3. The number of hydrogen-bond donors (Lipinski definition) is 2. The summed E-state index contributed by atoms with van der Waals surface area (Å²) in [5.41, 5.74) is 0.295. The van der Waals surface area contributed by atoms with E-state index in [4.69, 9.17) is 30.1 Å². The first-order chi connectivity index (χ1) is 21.6. The summed E-state index contributed by atoms with van der Waals surface area (Å²) in [6.45, 7) is 9.37. The van der Waals surface area contributed by atoms with Gasteiger partial charge in [-0.15, -0.1) is 6.42 Å². The molecule has 1 saturated heterocycles. The minimum absolute atomic E-state index is 0.00507. The molecule has 1 atom stereocenters. The SMILES string of the molecule is C#CCOCCOCCCNC(=O)N1CC(Oc2cccc(Oc3ccc(C(=O)N[C@@H](CCC(C)(C)C)C(=O)OC)cn3)c2)C1. The Morgan fingerprint density at radius 2 is 1.84 bits per heavy atom. The number of amides is 3. The van der Waals surface area contributed by atoms with Crippen LogP contribution >= 0.6 is 0 Å². The fourth-order valence-corrected chi connectivity index (χ4v) is 4.22. The first kappa shape index (κ1) is 35.1. The van der Waals surface area contributed by atoms with E-state index in [1.165, 1.54) is 13.3 Å². The number of hydrogen-bond acceptors (Lipinski definition) is 9. The maximum atomic E-state index is 12.8. The molecule has 3 rings (SSSR count). The van der Waals surface area contributed by atoms with Gasteiger partial charge in [0.05, 0.1) is 39.0 Å². The van der Waals surface area contributed by atoms with E-state index in [2.05, 4.69) is 42.3 Å². The lowest BCUT2D eigenvalue weighted by Crippen LogP contribution is -2.59. The number of likely N-dealkylation sites (tertiary alicyclic amines) is 1. The molecule has 45 heavy (non-hydrogen) atoms. The second-order valence-electron chi connectivity index (χ2n) is 11.7. The van der Waals surface area contributed by atoms with Crippen molar-refractivity contribution < 1.29 is 38.1 Å². The van der Waals surface area contributed by atoms with E-state index in [0.717, 1.165) is 6.42 Å². The van der Waals surface area contributed by atoms with Gasteiger partial charge in [0.2, 0.25) is 5.88 Å². The highest BCUT2D eigenvalue weighted by Gasteiger charge is 2.32. The fraction of sp³-hybridized carbons (Fsp3) is 0.515. The number of ether oxygens (including phenoxy) is 5. The number of terminal acetylenes is 1.